The lowest BCUT2D eigenvalue weighted by Gasteiger charge is -2.29. The molecule has 2 heterocycles. The number of nitrogens with one attached hydrogen (secondary N) is 1. The molecule has 0 radical (unpaired) electrons. The first kappa shape index (κ1) is 23.2. The molecule has 0 unspecified atom stereocenters. The Balaban J connectivity index is 1.72. The number of benzene rings is 2. The fourth-order valence-corrected chi connectivity index (χ4v) is 5.42. The van der Waals surface area contributed by atoms with E-state index in [4.69, 9.17) is 9.47 Å². The lowest BCUT2D eigenvalue weighted by atomic mass is 9.88. The van der Waals surface area contributed by atoms with Gasteiger partial charge in [0.25, 0.3) is 10.0 Å². The van der Waals surface area contributed by atoms with Gasteiger partial charge in [-0.2, -0.15) is 0 Å². The minimum absolute atomic E-state index is 0.00282. The number of carbonyl (C=O) groups is 1. The molecule has 2 aromatic rings. The average molecular weight is 477 g/mol. The molecule has 176 valence electrons. The van der Waals surface area contributed by atoms with Gasteiger partial charge in [-0.15, -0.1) is 0 Å². The largest absolute Gasteiger partial charge is 0.490 e. The molecular formula is C23H25FN2O6S. The molecule has 2 aliphatic heterocycles. The van der Waals surface area contributed by atoms with Crippen LogP contribution in [0.1, 0.15) is 33.8 Å². The lowest BCUT2D eigenvalue weighted by Crippen LogP contribution is -2.29. The number of aromatic carboxylic acids is 1. The van der Waals surface area contributed by atoms with E-state index in [1.165, 1.54) is 12.1 Å². The highest BCUT2D eigenvalue weighted by molar-refractivity contribution is 7.92. The van der Waals surface area contributed by atoms with Crippen LogP contribution in [-0.4, -0.2) is 64.4 Å². The number of carboxylic acids is 1. The summed E-state index contributed by atoms with van der Waals surface area (Å²) in [5.41, 5.74) is 0.471. The van der Waals surface area contributed by atoms with Crippen LogP contribution >= 0.6 is 0 Å². The maximum absolute atomic E-state index is 13.8. The minimum Gasteiger partial charge on any atom is -0.490 e. The smallest absolute Gasteiger partial charge is 0.341 e. The summed E-state index contributed by atoms with van der Waals surface area (Å²) in [4.78, 5) is 13.8. The van der Waals surface area contributed by atoms with E-state index in [2.05, 4.69) is 4.72 Å². The van der Waals surface area contributed by atoms with Gasteiger partial charge in [-0.05, 0) is 50.3 Å². The van der Waals surface area contributed by atoms with Gasteiger partial charge in [0, 0.05) is 24.6 Å². The molecule has 0 bridgehead atoms. The van der Waals surface area contributed by atoms with E-state index in [9.17, 15) is 22.7 Å². The number of halogens is 1. The number of hydrogen-bond donors (Lipinski definition) is 2. The van der Waals surface area contributed by atoms with Crippen LogP contribution in [-0.2, 0) is 14.8 Å². The van der Waals surface area contributed by atoms with E-state index in [0.717, 1.165) is 24.6 Å². The van der Waals surface area contributed by atoms with Crippen LogP contribution in [0.2, 0.25) is 0 Å². The Morgan fingerprint density at radius 2 is 2.09 bits per heavy atom. The number of fused-ring (bicyclic) bond motifs is 3. The summed E-state index contributed by atoms with van der Waals surface area (Å²) in [5.74, 6) is -1.74. The highest BCUT2D eigenvalue weighted by Gasteiger charge is 2.38. The number of carboxylic acid groups (broad SMARTS) is 1. The molecular weight excluding hydrogens is 451 g/mol. The Hall–Kier alpha value is -2.95. The van der Waals surface area contributed by atoms with Crippen molar-refractivity contribution in [3.63, 3.8) is 0 Å². The molecule has 10 heteroatoms. The van der Waals surface area contributed by atoms with Gasteiger partial charge in [-0.3, -0.25) is 4.72 Å². The van der Waals surface area contributed by atoms with E-state index in [-0.39, 0.29) is 46.1 Å². The zero-order valence-corrected chi connectivity index (χ0v) is 19.1. The van der Waals surface area contributed by atoms with Crippen molar-refractivity contribution in [2.45, 2.75) is 23.3 Å². The Morgan fingerprint density at radius 1 is 1.30 bits per heavy atom. The van der Waals surface area contributed by atoms with Gasteiger partial charge in [-0.1, -0.05) is 18.2 Å². The van der Waals surface area contributed by atoms with Crippen molar-refractivity contribution in [2.24, 2.45) is 0 Å². The highest BCUT2D eigenvalue weighted by atomic mass is 32.2. The summed E-state index contributed by atoms with van der Waals surface area (Å²) in [6, 6.07) is 6.42. The third kappa shape index (κ3) is 4.73. The average Bonchev–Trinajstić information content (AvgIpc) is 3.21. The van der Waals surface area contributed by atoms with Gasteiger partial charge < -0.3 is 19.5 Å². The molecule has 2 aromatic carbocycles. The van der Waals surface area contributed by atoms with E-state index in [0.29, 0.717) is 18.7 Å². The van der Waals surface area contributed by atoms with Crippen LogP contribution in [0.4, 0.5) is 10.1 Å². The molecule has 0 amide bonds. The summed E-state index contributed by atoms with van der Waals surface area (Å²) in [5, 5.41) is 9.88. The van der Waals surface area contributed by atoms with Crippen LogP contribution in [0, 0.1) is 5.82 Å². The molecule has 2 aliphatic rings. The first-order valence-electron chi connectivity index (χ1n) is 10.5. The molecule has 2 atom stereocenters. The van der Waals surface area contributed by atoms with Crippen LogP contribution in [0.15, 0.2) is 41.3 Å². The second kappa shape index (κ2) is 9.12. The lowest BCUT2D eigenvalue weighted by molar-refractivity contribution is 0.0484. The number of anilines is 1. The van der Waals surface area contributed by atoms with Crippen LogP contribution in [0.5, 0.6) is 5.75 Å². The van der Waals surface area contributed by atoms with Crippen LogP contribution in [0.25, 0.3) is 6.08 Å². The second-order valence-corrected chi connectivity index (χ2v) is 9.93. The fourth-order valence-electron chi connectivity index (χ4n) is 4.16. The zero-order valence-electron chi connectivity index (χ0n) is 18.2. The number of nitrogens with zero attached hydrogens (tertiary/aromatic N) is 1. The van der Waals surface area contributed by atoms with Gasteiger partial charge in [0.1, 0.15) is 23.7 Å². The molecule has 0 aromatic heterocycles. The van der Waals surface area contributed by atoms with Gasteiger partial charge in [0.05, 0.1) is 16.7 Å². The summed E-state index contributed by atoms with van der Waals surface area (Å²) in [7, 11) is -0.541. The summed E-state index contributed by atoms with van der Waals surface area (Å²) in [6.45, 7) is 1.29. The normalized spacial score (nSPS) is 19.9. The van der Waals surface area contributed by atoms with Crippen molar-refractivity contribution in [1.82, 2.24) is 4.90 Å². The summed E-state index contributed by atoms with van der Waals surface area (Å²) < 4.78 is 54.0. The predicted octanol–water partition coefficient (Wildman–Crippen LogP) is 3.16. The van der Waals surface area contributed by atoms with Gasteiger partial charge in [0.2, 0.25) is 0 Å². The SMILES string of the molecule is CN(C)C/C=C\c1cc(F)ccc1S(=O)(=O)Nc1ccc2c(c1C(=O)O)OC[C@H]1OCC[C@@H]21. The zero-order chi connectivity index (χ0) is 23.8. The number of ether oxygens (including phenoxy) is 2. The van der Waals surface area contributed by atoms with Crippen molar-refractivity contribution in [3.05, 3.63) is 58.9 Å². The van der Waals surface area contributed by atoms with E-state index in [1.54, 1.807) is 12.1 Å². The fraction of sp³-hybridized carbons (Fsp3) is 0.348. The third-order valence-corrected chi connectivity index (χ3v) is 7.12. The van der Waals surface area contributed by atoms with Crippen molar-refractivity contribution >= 4 is 27.8 Å². The van der Waals surface area contributed by atoms with Crippen molar-refractivity contribution in [1.29, 1.82) is 0 Å². The van der Waals surface area contributed by atoms with Gasteiger partial charge >= 0.3 is 5.97 Å². The Kier molecular flexibility index (Phi) is 6.42. The van der Waals surface area contributed by atoms with Crippen molar-refractivity contribution in [3.8, 4) is 5.75 Å². The van der Waals surface area contributed by atoms with Crippen LogP contribution < -0.4 is 9.46 Å². The molecule has 0 saturated carbocycles. The number of sulfonamides is 1. The Labute approximate surface area is 191 Å². The quantitative estimate of drug-likeness (QED) is 0.632. The monoisotopic (exact) mass is 476 g/mol. The minimum atomic E-state index is -4.24. The summed E-state index contributed by atoms with van der Waals surface area (Å²) >= 11 is 0. The molecule has 0 spiro atoms. The number of hydrogen-bond acceptors (Lipinski definition) is 6. The van der Waals surface area contributed by atoms with Gasteiger partial charge in [0.15, 0.2) is 0 Å². The van der Waals surface area contributed by atoms with Crippen molar-refractivity contribution in [2.75, 3.05) is 38.6 Å². The van der Waals surface area contributed by atoms with E-state index in [1.807, 2.05) is 19.0 Å². The van der Waals surface area contributed by atoms with Crippen molar-refractivity contribution < 1.29 is 32.2 Å². The first-order chi connectivity index (χ1) is 15.7. The third-order valence-electron chi connectivity index (χ3n) is 5.68. The van der Waals surface area contributed by atoms with E-state index >= 15 is 0 Å². The molecule has 0 aliphatic carbocycles. The molecule has 8 nitrogen and oxygen atoms in total. The number of likely N-dealkylation sites (N-methyl/N-ethyl adjacent to an activating group) is 1. The van der Waals surface area contributed by atoms with E-state index < -0.39 is 21.8 Å². The molecule has 33 heavy (non-hydrogen) atoms. The van der Waals surface area contributed by atoms with Gasteiger partial charge in [-0.25, -0.2) is 17.6 Å². The Bertz CT molecular complexity index is 1210. The maximum Gasteiger partial charge on any atom is 0.341 e. The molecule has 4 rings (SSSR count). The molecule has 2 N–H and O–H groups in total. The highest BCUT2D eigenvalue weighted by Crippen LogP contribution is 2.44. The summed E-state index contributed by atoms with van der Waals surface area (Å²) in [6.07, 6.45) is 3.83. The predicted molar refractivity (Wildman–Crippen MR) is 121 cm³/mol. The number of rotatable bonds is 7. The standard InChI is InChI=1S/C23H25FN2O6S/c1-26(2)10-3-4-14-12-15(24)5-8-20(14)33(29,30)25-18-7-6-17-16-9-11-31-19(16)13-32-22(17)21(18)23(27)28/h3-8,12,16,19,25H,9-11,13H2,1-2H3,(H,27,28)/b4-3-/t16-,19+/m0/s1. The topological polar surface area (TPSA) is 105 Å². The second-order valence-electron chi connectivity index (χ2n) is 8.28. The Morgan fingerprint density at radius 3 is 2.82 bits per heavy atom. The maximum atomic E-state index is 13.8. The molecule has 1 saturated heterocycles. The molecule has 1 fully saturated rings. The van der Waals surface area contributed by atoms with Crippen LogP contribution in [0.3, 0.4) is 0 Å². The first-order valence-corrected chi connectivity index (χ1v) is 11.9.